The van der Waals surface area contributed by atoms with Gasteiger partial charge in [0.2, 0.25) is 0 Å². The molecule has 0 aliphatic carbocycles. The van der Waals surface area contributed by atoms with Crippen molar-refractivity contribution in [2.24, 2.45) is 0 Å². The SMILES string of the molecule is CC(=O)OCC(=O)Nc1cc(C(C)(C)C)ccn1. The largest absolute Gasteiger partial charge is 0.456 e. The third kappa shape index (κ3) is 4.53. The van der Waals surface area contributed by atoms with Crippen LogP contribution in [0.1, 0.15) is 33.3 Å². The molecule has 0 aromatic carbocycles. The lowest BCUT2D eigenvalue weighted by Gasteiger charge is -2.19. The van der Waals surface area contributed by atoms with Gasteiger partial charge in [0.15, 0.2) is 6.61 Å². The van der Waals surface area contributed by atoms with Crippen LogP contribution in [0.15, 0.2) is 18.3 Å². The van der Waals surface area contributed by atoms with E-state index in [0.29, 0.717) is 5.82 Å². The molecule has 0 atom stereocenters. The highest BCUT2D eigenvalue weighted by molar-refractivity contribution is 5.91. The number of amides is 1. The zero-order chi connectivity index (χ0) is 13.8. The number of nitrogens with zero attached hydrogens (tertiary/aromatic N) is 1. The predicted octanol–water partition coefficient (Wildman–Crippen LogP) is 1.88. The van der Waals surface area contributed by atoms with E-state index in [4.69, 9.17) is 0 Å². The second kappa shape index (κ2) is 5.62. The lowest BCUT2D eigenvalue weighted by molar-refractivity contribution is -0.144. The molecule has 0 fully saturated rings. The number of carbonyl (C=O) groups is 2. The van der Waals surface area contributed by atoms with Crippen molar-refractivity contribution in [2.45, 2.75) is 33.1 Å². The minimum absolute atomic E-state index is 0.0156. The molecule has 98 valence electrons. The summed E-state index contributed by atoms with van der Waals surface area (Å²) < 4.78 is 4.59. The average Bonchev–Trinajstić information content (AvgIpc) is 2.25. The second-order valence-electron chi connectivity index (χ2n) is 5.01. The quantitative estimate of drug-likeness (QED) is 0.832. The number of anilines is 1. The van der Waals surface area contributed by atoms with E-state index in [2.05, 4.69) is 35.8 Å². The van der Waals surface area contributed by atoms with Crippen LogP contribution in [0, 0.1) is 0 Å². The molecule has 0 spiro atoms. The Kier molecular flexibility index (Phi) is 4.42. The van der Waals surface area contributed by atoms with Crippen LogP contribution < -0.4 is 5.32 Å². The summed E-state index contributed by atoms with van der Waals surface area (Å²) in [6, 6.07) is 3.72. The number of aromatic nitrogens is 1. The Hall–Kier alpha value is -1.91. The van der Waals surface area contributed by atoms with Crippen molar-refractivity contribution >= 4 is 17.7 Å². The number of nitrogens with one attached hydrogen (secondary N) is 1. The van der Waals surface area contributed by atoms with E-state index in [1.54, 1.807) is 6.20 Å². The molecular weight excluding hydrogens is 232 g/mol. The molecular formula is C13H18N2O3. The summed E-state index contributed by atoms with van der Waals surface area (Å²) in [6.45, 7) is 7.19. The molecule has 0 saturated heterocycles. The molecule has 0 aliphatic rings. The Balaban J connectivity index is 2.68. The topological polar surface area (TPSA) is 68.3 Å². The summed E-state index contributed by atoms with van der Waals surface area (Å²) in [6.07, 6.45) is 1.64. The van der Waals surface area contributed by atoms with E-state index in [1.807, 2.05) is 12.1 Å². The molecule has 1 aromatic rings. The smallest absolute Gasteiger partial charge is 0.303 e. The molecule has 1 heterocycles. The van der Waals surface area contributed by atoms with Crippen LogP contribution in [-0.4, -0.2) is 23.5 Å². The predicted molar refractivity (Wildman–Crippen MR) is 68.2 cm³/mol. The van der Waals surface area contributed by atoms with E-state index in [-0.39, 0.29) is 12.0 Å². The Morgan fingerprint density at radius 1 is 1.39 bits per heavy atom. The summed E-state index contributed by atoms with van der Waals surface area (Å²) in [7, 11) is 0. The summed E-state index contributed by atoms with van der Waals surface area (Å²) in [5.74, 6) is -0.426. The van der Waals surface area contributed by atoms with Crippen LogP contribution in [0.25, 0.3) is 0 Å². The molecule has 1 rings (SSSR count). The van der Waals surface area contributed by atoms with Crippen molar-refractivity contribution in [3.63, 3.8) is 0 Å². The Morgan fingerprint density at radius 3 is 2.61 bits per heavy atom. The molecule has 0 saturated carbocycles. The van der Waals surface area contributed by atoms with E-state index in [9.17, 15) is 9.59 Å². The second-order valence-corrected chi connectivity index (χ2v) is 5.01. The van der Waals surface area contributed by atoms with Gasteiger partial charge in [0.05, 0.1) is 0 Å². The van der Waals surface area contributed by atoms with Crippen LogP contribution >= 0.6 is 0 Å². The Morgan fingerprint density at radius 2 is 2.06 bits per heavy atom. The standard InChI is InChI=1S/C13H18N2O3/c1-9(16)18-8-12(17)15-11-7-10(5-6-14-11)13(2,3)4/h5-7H,8H2,1-4H3,(H,14,15,17). The average molecular weight is 250 g/mol. The van der Waals surface area contributed by atoms with Crippen molar-refractivity contribution in [2.75, 3.05) is 11.9 Å². The normalized spacial score (nSPS) is 10.9. The minimum atomic E-state index is -0.485. The zero-order valence-electron chi connectivity index (χ0n) is 11.1. The van der Waals surface area contributed by atoms with Crippen molar-refractivity contribution < 1.29 is 14.3 Å². The van der Waals surface area contributed by atoms with Gasteiger partial charge in [0, 0.05) is 13.1 Å². The maximum Gasteiger partial charge on any atom is 0.303 e. The molecule has 0 radical (unpaired) electrons. The van der Waals surface area contributed by atoms with Crippen LogP contribution in [0.3, 0.4) is 0 Å². The van der Waals surface area contributed by atoms with E-state index >= 15 is 0 Å². The van der Waals surface area contributed by atoms with Gasteiger partial charge >= 0.3 is 5.97 Å². The highest BCUT2D eigenvalue weighted by Crippen LogP contribution is 2.23. The van der Waals surface area contributed by atoms with Gasteiger partial charge < -0.3 is 10.1 Å². The van der Waals surface area contributed by atoms with Gasteiger partial charge in [-0.3, -0.25) is 9.59 Å². The molecule has 5 nitrogen and oxygen atoms in total. The number of rotatable bonds is 3. The lowest BCUT2D eigenvalue weighted by Crippen LogP contribution is -2.21. The molecule has 0 aliphatic heterocycles. The monoisotopic (exact) mass is 250 g/mol. The fraction of sp³-hybridized carbons (Fsp3) is 0.462. The number of ether oxygens (including phenoxy) is 1. The summed E-state index contributed by atoms with van der Waals surface area (Å²) in [5.41, 5.74) is 1.05. The van der Waals surface area contributed by atoms with E-state index in [1.165, 1.54) is 6.92 Å². The minimum Gasteiger partial charge on any atom is -0.456 e. The first kappa shape index (κ1) is 14.2. The van der Waals surface area contributed by atoms with E-state index < -0.39 is 11.9 Å². The fourth-order valence-corrected chi connectivity index (χ4v) is 1.31. The Labute approximate surface area is 107 Å². The summed E-state index contributed by atoms with van der Waals surface area (Å²) >= 11 is 0. The van der Waals surface area contributed by atoms with Crippen LogP contribution in [-0.2, 0) is 19.7 Å². The van der Waals surface area contributed by atoms with E-state index in [0.717, 1.165) is 5.56 Å². The molecule has 5 heteroatoms. The number of carbonyl (C=O) groups excluding carboxylic acids is 2. The lowest BCUT2D eigenvalue weighted by atomic mass is 9.88. The highest BCUT2D eigenvalue weighted by atomic mass is 16.5. The third-order valence-corrected chi connectivity index (χ3v) is 2.30. The van der Waals surface area contributed by atoms with Gasteiger partial charge in [-0.15, -0.1) is 0 Å². The summed E-state index contributed by atoms with van der Waals surface area (Å²) in [5, 5.41) is 2.58. The zero-order valence-corrected chi connectivity index (χ0v) is 11.1. The number of esters is 1. The van der Waals surface area contributed by atoms with Crippen LogP contribution in [0.2, 0.25) is 0 Å². The first-order valence-corrected chi connectivity index (χ1v) is 5.69. The maximum atomic E-state index is 11.4. The fourth-order valence-electron chi connectivity index (χ4n) is 1.31. The molecule has 0 unspecified atom stereocenters. The van der Waals surface area contributed by atoms with Gasteiger partial charge in [-0.25, -0.2) is 4.98 Å². The Bertz CT molecular complexity index is 450. The van der Waals surface area contributed by atoms with Crippen molar-refractivity contribution in [3.8, 4) is 0 Å². The molecule has 1 amide bonds. The highest BCUT2D eigenvalue weighted by Gasteiger charge is 2.14. The maximum absolute atomic E-state index is 11.4. The number of hydrogen-bond donors (Lipinski definition) is 1. The molecule has 1 aromatic heterocycles. The number of hydrogen-bond acceptors (Lipinski definition) is 4. The van der Waals surface area contributed by atoms with Crippen molar-refractivity contribution in [1.82, 2.24) is 4.98 Å². The van der Waals surface area contributed by atoms with Gasteiger partial charge in [-0.05, 0) is 23.1 Å². The molecule has 18 heavy (non-hydrogen) atoms. The third-order valence-electron chi connectivity index (χ3n) is 2.30. The number of pyridine rings is 1. The van der Waals surface area contributed by atoms with Crippen LogP contribution in [0.4, 0.5) is 5.82 Å². The van der Waals surface area contributed by atoms with Crippen molar-refractivity contribution in [1.29, 1.82) is 0 Å². The van der Waals surface area contributed by atoms with Crippen LogP contribution in [0.5, 0.6) is 0 Å². The van der Waals surface area contributed by atoms with Gasteiger partial charge in [0.25, 0.3) is 5.91 Å². The van der Waals surface area contributed by atoms with Crippen molar-refractivity contribution in [3.05, 3.63) is 23.9 Å². The molecule has 1 N–H and O–H groups in total. The summed E-state index contributed by atoms with van der Waals surface area (Å²) in [4.78, 5) is 26.1. The molecule has 0 bridgehead atoms. The van der Waals surface area contributed by atoms with Gasteiger partial charge in [0.1, 0.15) is 5.82 Å². The first-order valence-electron chi connectivity index (χ1n) is 5.69. The van der Waals surface area contributed by atoms with Gasteiger partial charge in [-0.1, -0.05) is 20.8 Å². The first-order chi connectivity index (χ1) is 8.29. The van der Waals surface area contributed by atoms with Gasteiger partial charge in [-0.2, -0.15) is 0 Å².